The van der Waals surface area contributed by atoms with Crippen LogP contribution in [-0.2, 0) is 16.9 Å². The molecule has 2 N–H and O–H groups in total. The van der Waals surface area contributed by atoms with Crippen LogP contribution < -0.4 is 5.32 Å². The van der Waals surface area contributed by atoms with Crippen LogP contribution >= 0.6 is 11.6 Å². The summed E-state index contributed by atoms with van der Waals surface area (Å²) >= 11 is 6.25. The predicted octanol–water partition coefficient (Wildman–Crippen LogP) is 4.95. The van der Waals surface area contributed by atoms with Crippen LogP contribution in [0.4, 0.5) is 4.79 Å². The molecule has 10 nitrogen and oxygen atoms in total. The number of amides is 1. The number of aromatic nitrogens is 6. The molecule has 6 rings (SSSR count). The van der Waals surface area contributed by atoms with E-state index in [4.69, 9.17) is 16.3 Å². The molecule has 11 heteroatoms. The van der Waals surface area contributed by atoms with E-state index in [-0.39, 0.29) is 18.5 Å². The molecule has 1 unspecified atom stereocenters. The number of nitrogens with one attached hydrogen (secondary N) is 1. The largest absolute Gasteiger partial charge is 0.445 e. The van der Waals surface area contributed by atoms with Crippen LogP contribution in [0.5, 0.6) is 0 Å². The first-order chi connectivity index (χ1) is 19.1. The maximum absolute atomic E-state index is 13.2. The SMILES string of the molecule is O=C(NC(c1cc2cnc(Cl)nc2n1C1(CO)CCCCC1)n1nnc2ccccc21)OCc1ccccc1. The highest BCUT2D eigenvalue weighted by Crippen LogP contribution is 2.40. The molecule has 1 aliphatic rings. The Kier molecular flexibility index (Phi) is 6.88. The summed E-state index contributed by atoms with van der Waals surface area (Å²) in [6.45, 7) is 0.0246. The van der Waals surface area contributed by atoms with E-state index in [9.17, 15) is 9.90 Å². The lowest BCUT2D eigenvalue weighted by atomic mass is 9.81. The Labute approximate surface area is 229 Å². The van der Waals surface area contributed by atoms with E-state index in [0.717, 1.165) is 48.6 Å². The summed E-state index contributed by atoms with van der Waals surface area (Å²) in [5.74, 6) is 0. The number of para-hydroxylation sites is 1. The number of nitrogens with zero attached hydrogens (tertiary/aromatic N) is 6. The second-order valence-corrected chi connectivity index (χ2v) is 10.2. The first kappa shape index (κ1) is 25.3. The first-order valence-corrected chi connectivity index (χ1v) is 13.4. The van der Waals surface area contributed by atoms with Crippen molar-refractivity contribution in [1.82, 2.24) is 34.8 Å². The van der Waals surface area contributed by atoms with Crippen molar-refractivity contribution in [2.75, 3.05) is 6.61 Å². The number of hydrogen-bond acceptors (Lipinski definition) is 7. The molecule has 1 amide bonds. The van der Waals surface area contributed by atoms with Crippen molar-refractivity contribution < 1.29 is 14.6 Å². The minimum atomic E-state index is -0.820. The third-order valence-corrected chi connectivity index (χ3v) is 7.64. The molecule has 3 aromatic heterocycles. The quantitative estimate of drug-likeness (QED) is 0.277. The van der Waals surface area contributed by atoms with Gasteiger partial charge in [-0.25, -0.2) is 14.5 Å². The number of aliphatic hydroxyl groups excluding tert-OH is 1. The van der Waals surface area contributed by atoms with Gasteiger partial charge in [0.25, 0.3) is 0 Å². The third-order valence-electron chi connectivity index (χ3n) is 7.46. The van der Waals surface area contributed by atoms with Gasteiger partial charge in [0.15, 0.2) is 6.17 Å². The highest BCUT2D eigenvalue weighted by molar-refractivity contribution is 6.28. The van der Waals surface area contributed by atoms with Crippen molar-refractivity contribution >= 4 is 39.8 Å². The Morgan fingerprint density at radius 3 is 2.67 bits per heavy atom. The normalized spacial score (nSPS) is 15.8. The van der Waals surface area contributed by atoms with Crippen LogP contribution in [-0.4, -0.2) is 47.3 Å². The molecule has 0 saturated heterocycles. The van der Waals surface area contributed by atoms with Crippen LogP contribution in [0, 0.1) is 0 Å². The van der Waals surface area contributed by atoms with Crippen molar-refractivity contribution in [3.05, 3.63) is 83.4 Å². The van der Waals surface area contributed by atoms with Gasteiger partial charge in [0.2, 0.25) is 5.28 Å². The Bertz CT molecular complexity index is 1610. The minimum absolute atomic E-state index is 0.0886. The number of benzene rings is 2. The first-order valence-electron chi connectivity index (χ1n) is 13.0. The van der Waals surface area contributed by atoms with Crippen LogP contribution in [0.15, 0.2) is 66.9 Å². The smallest absolute Gasteiger partial charge is 0.409 e. The van der Waals surface area contributed by atoms with Gasteiger partial charge in [-0.05, 0) is 48.2 Å². The second-order valence-electron chi connectivity index (χ2n) is 9.90. The molecule has 0 radical (unpaired) electrons. The summed E-state index contributed by atoms with van der Waals surface area (Å²) in [6, 6.07) is 18.9. The second kappa shape index (κ2) is 10.6. The van der Waals surface area contributed by atoms with Crippen LogP contribution in [0.2, 0.25) is 5.28 Å². The minimum Gasteiger partial charge on any atom is -0.445 e. The molecular weight excluding hydrogens is 518 g/mol. The molecular formula is C28H28ClN7O3. The fourth-order valence-electron chi connectivity index (χ4n) is 5.56. The summed E-state index contributed by atoms with van der Waals surface area (Å²) in [6.07, 6.45) is 4.74. The number of rotatable bonds is 7. The molecule has 1 atom stereocenters. The summed E-state index contributed by atoms with van der Waals surface area (Å²) in [4.78, 5) is 22.0. The third kappa shape index (κ3) is 4.81. The van der Waals surface area contributed by atoms with Gasteiger partial charge in [0, 0.05) is 11.6 Å². The van der Waals surface area contributed by atoms with E-state index in [1.807, 2.05) is 65.2 Å². The van der Waals surface area contributed by atoms with Gasteiger partial charge in [-0.2, -0.15) is 4.98 Å². The van der Waals surface area contributed by atoms with Gasteiger partial charge < -0.3 is 14.4 Å². The standard InChI is InChI=1S/C28H28ClN7O3/c29-26-30-16-20-15-23(35(24(20)31-26)28(18-37)13-7-2-8-14-28)25(36-22-12-6-5-11-21(22)33-34-36)32-27(38)39-17-19-9-3-1-4-10-19/h1,3-6,9-12,15-16,25,37H,2,7-8,13-14,17-18H2,(H,32,38). The Balaban J connectivity index is 1.49. The zero-order valence-electron chi connectivity index (χ0n) is 21.2. The summed E-state index contributed by atoms with van der Waals surface area (Å²) in [5.41, 5.74) is 2.92. The topological polar surface area (TPSA) is 120 Å². The molecule has 0 aliphatic heterocycles. The van der Waals surface area contributed by atoms with Crippen LogP contribution in [0.1, 0.15) is 49.5 Å². The fraction of sp³-hybridized carbons (Fsp3) is 0.321. The number of halogens is 1. The van der Waals surface area contributed by atoms with Gasteiger partial charge >= 0.3 is 6.09 Å². The lowest BCUT2D eigenvalue weighted by molar-refractivity contribution is 0.0882. The maximum Gasteiger partial charge on any atom is 0.409 e. The number of hydrogen-bond donors (Lipinski definition) is 2. The highest BCUT2D eigenvalue weighted by atomic mass is 35.5. The van der Waals surface area contributed by atoms with Gasteiger partial charge in [0.05, 0.1) is 23.4 Å². The summed E-state index contributed by atoms with van der Waals surface area (Å²) in [7, 11) is 0. The molecule has 1 saturated carbocycles. The molecule has 200 valence electrons. The molecule has 0 bridgehead atoms. The molecule has 2 aromatic carbocycles. The zero-order chi connectivity index (χ0) is 26.8. The van der Waals surface area contributed by atoms with Gasteiger partial charge in [-0.3, -0.25) is 5.32 Å². The number of carbonyl (C=O) groups is 1. The highest BCUT2D eigenvalue weighted by Gasteiger charge is 2.39. The number of fused-ring (bicyclic) bond motifs is 2. The van der Waals surface area contributed by atoms with Gasteiger partial charge in [-0.1, -0.05) is 66.9 Å². The van der Waals surface area contributed by atoms with Crippen molar-refractivity contribution in [1.29, 1.82) is 0 Å². The van der Waals surface area contributed by atoms with Gasteiger partial charge in [-0.15, -0.1) is 5.10 Å². The van der Waals surface area contributed by atoms with E-state index in [0.29, 0.717) is 16.9 Å². The van der Waals surface area contributed by atoms with Crippen LogP contribution in [0.3, 0.4) is 0 Å². The number of aliphatic hydroxyl groups is 1. The van der Waals surface area contributed by atoms with Crippen molar-refractivity contribution in [2.24, 2.45) is 0 Å². The van der Waals surface area contributed by atoms with E-state index >= 15 is 0 Å². The van der Waals surface area contributed by atoms with Crippen molar-refractivity contribution in [3.8, 4) is 0 Å². The monoisotopic (exact) mass is 545 g/mol. The molecule has 0 spiro atoms. The molecule has 5 aromatic rings. The van der Waals surface area contributed by atoms with E-state index in [1.54, 1.807) is 10.9 Å². The number of alkyl carbamates (subject to hydrolysis) is 1. The molecule has 39 heavy (non-hydrogen) atoms. The van der Waals surface area contributed by atoms with Crippen molar-refractivity contribution in [2.45, 2.75) is 50.4 Å². The molecule has 3 heterocycles. The molecule has 1 aliphatic carbocycles. The zero-order valence-corrected chi connectivity index (χ0v) is 22.0. The molecule has 1 fully saturated rings. The maximum atomic E-state index is 13.2. The summed E-state index contributed by atoms with van der Waals surface area (Å²) < 4.78 is 9.28. The average molecular weight is 546 g/mol. The van der Waals surface area contributed by atoms with Crippen molar-refractivity contribution in [3.63, 3.8) is 0 Å². The lowest BCUT2D eigenvalue weighted by Crippen LogP contribution is -2.44. The lowest BCUT2D eigenvalue weighted by Gasteiger charge is -2.40. The number of ether oxygens (including phenoxy) is 1. The van der Waals surface area contributed by atoms with Crippen LogP contribution in [0.25, 0.3) is 22.1 Å². The average Bonchev–Trinajstić information content (AvgIpc) is 3.58. The van der Waals surface area contributed by atoms with Gasteiger partial charge in [0.1, 0.15) is 17.8 Å². The summed E-state index contributed by atoms with van der Waals surface area (Å²) in [5, 5.41) is 23.4. The fourth-order valence-corrected chi connectivity index (χ4v) is 5.69. The van der Waals surface area contributed by atoms with E-state index < -0.39 is 17.8 Å². The Hall–Kier alpha value is -4.02. The van der Waals surface area contributed by atoms with E-state index in [2.05, 4.69) is 25.6 Å². The van der Waals surface area contributed by atoms with E-state index in [1.165, 1.54) is 0 Å². The Morgan fingerprint density at radius 2 is 1.87 bits per heavy atom. The Morgan fingerprint density at radius 1 is 1.10 bits per heavy atom. The predicted molar refractivity (Wildman–Crippen MR) is 146 cm³/mol. The number of carbonyl (C=O) groups excluding carboxylic acids is 1.